The van der Waals surface area contributed by atoms with Gasteiger partial charge in [0, 0.05) is 58.4 Å². The molecule has 185 valence electrons. The van der Waals surface area contributed by atoms with Crippen LogP contribution in [0.15, 0.2) is 99.1 Å². The molecule has 1 radical (unpaired) electrons. The number of hydrogen-bond donors (Lipinski definition) is 0. The van der Waals surface area contributed by atoms with E-state index in [9.17, 15) is 19.8 Å². The van der Waals surface area contributed by atoms with Crippen molar-refractivity contribution in [1.29, 1.82) is 0 Å². The molecule has 0 spiro atoms. The van der Waals surface area contributed by atoms with Gasteiger partial charge in [-0.2, -0.15) is 0 Å². The smallest absolute Gasteiger partial charge is 0.545 e. The van der Waals surface area contributed by atoms with Gasteiger partial charge in [-0.25, -0.2) is 9.97 Å². The van der Waals surface area contributed by atoms with Crippen LogP contribution in [0.25, 0.3) is 12.4 Å². The van der Waals surface area contributed by atoms with Gasteiger partial charge in [-0.15, -0.1) is 0 Å². The van der Waals surface area contributed by atoms with Crippen LogP contribution in [0.4, 0.5) is 0 Å². The molecule has 8 nitrogen and oxygen atoms in total. The first-order valence-corrected chi connectivity index (χ1v) is 10.2. The number of carbonyl (C=O) groups excluding carboxylic acids is 2. The van der Waals surface area contributed by atoms with Gasteiger partial charge in [0.2, 0.25) is 0 Å². The number of rotatable bonds is 4. The molecule has 0 aliphatic carbocycles. The topological polar surface area (TPSA) is 116 Å². The minimum absolute atomic E-state index is 0. The molecule has 4 aromatic rings. The summed E-state index contributed by atoms with van der Waals surface area (Å²) < 4.78 is 3.56. The third-order valence-corrected chi connectivity index (χ3v) is 4.32. The molecule has 0 bridgehead atoms. The summed E-state index contributed by atoms with van der Waals surface area (Å²) >= 11 is 11.0. The average Bonchev–Trinajstić information content (AvgIpc) is 3.55. The minimum atomic E-state index is -1.24. The van der Waals surface area contributed by atoms with E-state index in [1.54, 1.807) is 70.8 Å². The molecule has 0 amide bonds. The van der Waals surface area contributed by atoms with E-state index in [0.717, 1.165) is 0 Å². The van der Waals surface area contributed by atoms with E-state index in [-0.39, 0.29) is 38.2 Å². The SMILES string of the molecule is C=Cn1ccnc1.C=Cn1ccnc1.O=C([O-])c1ccccc1Cl.O=C([O-])c1ccccc1Cl.[Cu+2]. The van der Waals surface area contributed by atoms with Crippen molar-refractivity contribution < 1.29 is 36.9 Å². The van der Waals surface area contributed by atoms with Gasteiger partial charge in [0.05, 0.1) is 24.6 Å². The average molecular weight is 563 g/mol. The number of hydrogen-bond acceptors (Lipinski definition) is 6. The molecule has 0 unspecified atom stereocenters. The van der Waals surface area contributed by atoms with E-state index in [1.807, 2.05) is 12.4 Å². The summed E-state index contributed by atoms with van der Waals surface area (Å²) in [6.07, 6.45) is 13.8. The quantitative estimate of drug-likeness (QED) is 0.352. The Morgan fingerprint density at radius 1 is 0.743 bits per heavy atom. The van der Waals surface area contributed by atoms with Gasteiger partial charge in [-0.3, -0.25) is 0 Å². The summed E-state index contributed by atoms with van der Waals surface area (Å²) in [5, 5.41) is 20.9. The third kappa shape index (κ3) is 12.4. The first kappa shape index (κ1) is 31.4. The molecule has 4 rings (SSSR count). The van der Waals surface area contributed by atoms with Crippen molar-refractivity contribution in [2.75, 3.05) is 0 Å². The largest absolute Gasteiger partial charge is 2.00 e. The number of imidazole rings is 2. The second-order valence-corrected chi connectivity index (χ2v) is 6.73. The molecule has 0 aliphatic heterocycles. The van der Waals surface area contributed by atoms with Crippen LogP contribution in [0.2, 0.25) is 10.0 Å². The Morgan fingerprint density at radius 3 is 1.26 bits per heavy atom. The molecule has 2 aromatic carbocycles. The van der Waals surface area contributed by atoms with Crippen LogP contribution in [-0.2, 0) is 17.1 Å². The number of aromatic carboxylic acids is 2. The number of nitrogens with zero attached hydrogens (tertiary/aromatic N) is 4. The fourth-order valence-corrected chi connectivity index (χ4v) is 2.43. The van der Waals surface area contributed by atoms with Gasteiger partial charge in [0.25, 0.3) is 0 Å². The number of carboxylic acids is 2. The fraction of sp³-hybridized carbons (Fsp3) is 0. The van der Waals surface area contributed by atoms with Crippen LogP contribution in [0.5, 0.6) is 0 Å². The predicted molar refractivity (Wildman–Crippen MR) is 129 cm³/mol. The molecular formula is C24H20Cl2CuN4O4. The summed E-state index contributed by atoms with van der Waals surface area (Å²) in [6.45, 7) is 7.05. The van der Waals surface area contributed by atoms with Gasteiger partial charge < -0.3 is 28.9 Å². The van der Waals surface area contributed by atoms with Crippen molar-refractivity contribution >= 4 is 47.5 Å². The normalized spacial score (nSPS) is 8.74. The standard InChI is InChI=1S/2C7H5ClO2.2C5H6N2.Cu/c2*8-6-4-2-1-3-5(6)7(9)10;2*1-2-7-4-3-6-5-7;/h2*1-4H,(H,9,10);2*2-5H,1H2;/q;;;;+2/p-2. The van der Waals surface area contributed by atoms with E-state index in [4.69, 9.17) is 23.2 Å². The maximum atomic E-state index is 10.2. The van der Waals surface area contributed by atoms with Crippen LogP contribution in [0, 0.1) is 0 Å². The predicted octanol–water partition coefficient (Wildman–Crippen LogP) is 3.37. The van der Waals surface area contributed by atoms with E-state index >= 15 is 0 Å². The monoisotopic (exact) mass is 561 g/mol. The van der Waals surface area contributed by atoms with Crippen molar-refractivity contribution in [3.05, 3.63) is 120 Å². The Labute approximate surface area is 223 Å². The second-order valence-electron chi connectivity index (χ2n) is 5.92. The summed E-state index contributed by atoms with van der Waals surface area (Å²) in [5.41, 5.74) is 0.0633. The molecule has 0 atom stereocenters. The van der Waals surface area contributed by atoms with E-state index in [1.165, 1.54) is 24.3 Å². The molecule has 2 heterocycles. The van der Waals surface area contributed by atoms with Crippen molar-refractivity contribution in [2.24, 2.45) is 0 Å². The number of aromatic nitrogens is 4. The van der Waals surface area contributed by atoms with Crippen molar-refractivity contribution in [3.8, 4) is 0 Å². The van der Waals surface area contributed by atoms with Gasteiger partial charge in [-0.1, -0.05) is 72.8 Å². The van der Waals surface area contributed by atoms with Crippen LogP contribution in [-0.4, -0.2) is 31.0 Å². The minimum Gasteiger partial charge on any atom is -0.545 e. The van der Waals surface area contributed by atoms with Crippen molar-refractivity contribution in [1.82, 2.24) is 19.1 Å². The summed E-state index contributed by atoms with van der Waals surface area (Å²) in [6, 6.07) is 12.3. The first-order valence-electron chi connectivity index (χ1n) is 9.41. The second kappa shape index (κ2) is 17.8. The van der Waals surface area contributed by atoms with Crippen LogP contribution in [0.3, 0.4) is 0 Å². The zero-order valence-corrected chi connectivity index (χ0v) is 20.6. The number of halogens is 2. The van der Waals surface area contributed by atoms with E-state index in [0.29, 0.717) is 0 Å². The Morgan fingerprint density at radius 2 is 1.09 bits per heavy atom. The maximum absolute atomic E-state index is 10.2. The fourth-order valence-electron chi connectivity index (χ4n) is 2.01. The number of carboxylic acid groups (broad SMARTS) is 2. The molecule has 0 N–H and O–H groups in total. The third-order valence-electron chi connectivity index (χ3n) is 3.66. The van der Waals surface area contributed by atoms with Gasteiger partial charge in [-0.05, 0) is 12.1 Å². The first-order chi connectivity index (χ1) is 16.3. The molecule has 11 heteroatoms. The Kier molecular flexibility index (Phi) is 16.0. The molecular weight excluding hydrogens is 543 g/mol. The molecule has 2 aromatic heterocycles. The Balaban J connectivity index is 0.000000442. The maximum Gasteiger partial charge on any atom is 2.00 e. The molecule has 0 fully saturated rings. The summed E-state index contributed by atoms with van der Waals surface area (Å²) in [4.78, 5) is 28.0. The van der Waals surface area contributed by atoms with Gasteiger partial charge >= 0.3 is 17.1 Å². The van der Waals surface area contributed by atoms with Crippen LogP contribution < -0.4 is 10.2 Å². The van der Waals surface area contributed by atoms with Crippen LogP contribution in [0.1, 0.15) is 20.7 Å². The summed E-state index contributed by atoms with van der Waals surface area (Å²) in [7, 11) is 0. The Bertz CT molecular complexity index is 1090. The van der Waals surface area contributed by atoms with Crippen molar-refractivity contribution in [3.63, 3.8) is 0 Å². The molecule has 0 saturated carbocycles. The summed E-state index contributed by atoms with van der Waals surface area (Å²) in [5.74, 6) is -2.49. The van der Waals surface area contributed by atoms with Crippen molar-refractivity contribution in [2.45, 2.75) is 0 Å². The van der Waals surface area contributed by atoms with E-state index in [2.05, 4.69) is 23.1 Å². The number of carbonyl (C=O) groups is 2. The zero-order chi connectivity index (χ0) is 25.3. The Hall–Kier alpha value is -3.62. The van der Waals surface area contributed by atoms with Crippen LogP contribution >= 0.6 is 23.2 Å². The number of benzene rings is 2. The van der Waals surface area contributed by atoms with Gasteiger partial charge in [0.15, 0.2) is 0 Å². The zero-order valence-electron chi connectivity index (χ0n) is 18.1. The van der Waals surface area contributed by atoms with E-state index < -0.39 is 11.9 Å². The molecule has 0 saturated heterocycles. The van der Waals surface area contributed by atoms with Gasteiger partial charge in [0.1, 0.15) is 0 Å². The molecule has 35 heavy (non-hydrogen) atoms. The molecule has 0 aliphatic rings.